The highest BCUT2D eigenvalue weighted by Gasteiger charge is 2.42. The van der Waals surface area contributed by atoms with E-state index in [9.17, 15) is 0 Å². The van der Waals surface area contributed by atoms with Gasteiger partial charge in [0.2, 0.25) is 0 Å². The summed E-state index contributed by atoms with van der Waals surface area (Å²) in [4.78, 5) is 15.5. The van der Waals surface area contributed by atoms with Crippen molar-refractivity contribution in [3.05, 3.63) is 255 Å². The van der Waals surface area contributed by atoms with Crippen LogP contribution in [-0.4, -0.2) is 19.9 Å². The number of hydrogen-bond acceptors (Lipinski definition) is 0. The van der Waals surface area contributed by atoms with Crippen molar-refractivity contribution in [1.82, 2.24) is 19.9 Å². The van der Waals surface area contributed by atoms with E-state index in [1.807, 2.05) is 0 Å². The Morgan fingerprint density at radius 2 is 0.481 bits per heavy atom. The van der Waals surface area contributed by atoms with Gasteiger partial charge in [0.25, 0.3) is 0 Å². The highest BCUT2D eigenvalue weighted by molar-refractivity contribution is 9.13. The van der Waals surface area contributed by atoms with E-state index >= 15 is 0 Å². The van der Waals surface area contributed by atoms with Crippen LogP contribution < -0.4 is 0 Å². The number of halogens is 4. The molecule has 0 unspecified atom stereocenters. The van der Waals surface area contributed by atoms with Crippen LogP contribution in [0.2, 0.25) is 0 Å². The van der Waals surface area contributed by atoms with Crippen molar-refractivity contribution in [2.45, 2.75) is 0 Å². The summed E-state index contributed by atoms with van der Waals surface area (Å²) >= 11 is 16.1. The number of H-pyrrole nitrogens is 4. The molecule has 0 fully saturated rings. The molecule has 0 aliphatic carbocycles. The Kier molecular flexibility index (Phi) is 8.79. The molecule has 4 N–H and O–H groups in total. The first-order chi connectivity index (χ1) is 25.5. The monoisotopic (exact) mass is 928 g/mol. The predicted molar refractivity (Wildman–Crippen MR) is 222 cm³/mol. The van der Waals surface area contributed by atoms with Gasteiger partial charge in [0.1, 0.15) is 87.1 Å². The normalized spacial score (nSPS) is 12.8. The minimum Gasteiger partial charge on any atom is -0.327 e. The standard InChI is InChI=1S/C44H28Br4N4/c45-37-38(46)42-35(27-17-9-3-10-18-27)31-23-24-32(50-31)36(28-19-11-4-12-20-28)44-40(48)39(47)43(52-44)34(26-15-7-2-8-16-26)30-22-21-29(49-30)33(41(37)51-42)25-13-5-1-6-14-25/h1-24,49-52H/q+4. The van der Waals surface area contributed by atoms with Crippen LogP contribution >= 0.6 is 63.7 Å². The fraction of sp³-hybridized carbons (Fsp3) is 0. The summed E-state index contributed by atoms with van der Waals surface area (Å²) in [5, 5.41) is 0. The van der Waals surface area contributed by atoms with E-state index in [2.05, 4.69) is 229 Å². The highest BCUT2D eigenvalue weighted by Crippen LogP contribution is 2.48. The van der Waals surface area contributed by atoms with Gasteiger partial charge in [-0.3, -0.25) is 0 Å². The number of benzene rings is 4. The Bertz CT molecular complexity index is 2140. The van der Waals surface area contributed by atoms with Gasteiger partial charge in [-0.05, 0) is 72.8 Å². The Balaban J connectivity index is 1.36. The van der Waals surface area contributed by atoms with Crippen molar-refractivity contribution in [2.24, 2.45) is 0 Å². The van der Waals surface area contributed by atoms with Crippen molar-refractivity contribution in [1.29, 1.82) is 0 Å². The van der Waals surface area contributed by atoms with E-state index in [0.29, 0.717) is 0 Å². The average Bonchev–Trinajstić information content (AvgIpc) is 3.98. The first-order valence-electron chi connectivity index (χ1n) is 16.7. The summed E-state index contributed by atoms with van der Waals surface area (Å²) in [5.74, 6) is 4.16. The van der Waals surface area contributed by atoms with Crippen molar-refractivity contribution in [3.8, 4) is 0 Å². The average molecular weight is 932 g/mol. The Morgan fingerprint density at radius 1 is 0.269 bits per heavy atom. The number of rotatable bonds is 4. The number of aromatic amines is 4. The topological polar surface area (TPSA) is 63.2 Å². The smallest absolute Gasteiger partial charge is 0.146 e. The van der Waals surface area contributed by atoms with Gasteiger partial charge in [0, 0.05) is 112 Å². The Morgan fingerprint density at radius 3 is 0.692 bits per heavy atom. The fourth-order valence-corrected chi connectivity index (χ4v) is 9.11. The molecule has 8 aromatic rings. The fourth-order valence-electron chi connectivity index (χ4n) is 7.13. The molecule has 8 heteroatoms. The minimum atomic E-state index is 0.936. The summed E-state index contributed by atoms with van der Waals surface area (Å²) < 4.78 is 3.74. The van der Waals surface area contributed by atoms with Gasteiger partial charge in [-0.25, -0.2) is 0 Å². The van der Waals surface area contributed by atoms with E-state index in [-0.39, 0.29) is 0 Å². The molecule has 52 heavy (non-hydrogen) atoms. The summed E-state index contributed by atoms with van der Waals surface area (Å²) in [6, 6.07) is 50.8. The molecule has 0 saturated carbocycles. The third kappa shape index (κ3) is 5.69. The maximum absolute atomic E-state index is 4.03. The second kappa shape index (κ2) is 13.7. The largest absolute Gasteiger partial charge is 0.327 e. The van der Waals surface area contributed by atoms with E-state index in [1.165, 1.54) is 0 Å². The van der Waals surface area contributed by atoms with Crippen LogP contribution in [0.25, 0.3) is 0 Å². The molecule has 9 rings (SSSR count). The van der Waals surface area contributed by atoms with Crippen molar-refractivity contribution < 1.29 is 0 Å². The zero-order valence-corrected chi connectivity index (χ0v) is 33.7. The molecule has 0 atom stereocenters. The molecule has 0 radical (unpaired) electrons. The maximum Gasteiger partial charge on any atom is 0.146 e. The quantitative estimate of drug-likeness (QED) is 0.127. The van der Waals surface area contributed by atoms with Crippen LogP contribution in [0.1, 0.15) is 67.8 Å². The van der Waals surface area contributed by atoms with Crippen LogP contribution in [-0.2, 0) is 0 Å². The third-order valence-electron chi connectivity index (χ3n) is 9.46. The van der Waals surface area contributed by atoms with Crippen LogP contribution in [0, 0.1) is 23.7 Å². The molecule has 5 heterocycles. The molecule has 8 bridgehead atoms. The number of aromatic nitrogens is 4. The highest BCUT2D eigenvalue weighted by atomic mass is 79.9. The first kappa shape index (κ1) is 33.3. The van der Waals surface area contributed by atoms with Gasteiger partial charge in [-0.15, -0.1) is 0 Å². The number of hydrogen-bond donors (Lipinski definition) is 4. The Labute approximate surface area is 336 Å². The van der Waals surface area contributed by atoms with E-state index < -0.39 is 0 Å². The van der Waals surface area contributed by atoms with Crippen LogP contribution in [0.5, 0.6) is 0 Å². The molecular formula is C44H28Br4N4+4. The summed E-state index contributed by atoms with van der Waals surface area (Å²) in [5.41, 5.74) is 12.0. The van der Waals surface area contributed by atoms with Gasteiger partial charge >= 0.3 is 0 Å². The first-order valence-corrected chi connectivity index (χ1v) is 19.9. The molecule has 4 aromatic carbocycles. The van der Waals surface area contributed by atoms with Crippen molar-refractivity contribution >= 4 is 63.7 Å². The maximum atomic E-state index is 4.03. The van der Waals surface area contributed by atoms with E-state index in [4.69, 9.17) is 0 Å². The van der Waals surface area contributed by atoms with E-state index in [0.717, 1.165) is 109 Å². The van der Waals surface area contributed by atoms with Crippen LogP contribution in [0.3, 0.4) is 0 Å². The lowest BCUT2D eigenvalue weighted by Crippen LogP contribution is -2.12. The molecule has 1 aliphatic heterocycles. The molecule has 1 aliphatic rings. The van der Waals surface area contributed by atoms with Crippen molar-refractivity contribution in [3.63, 3.8) is 0 Å². The SMILES string of the molecule is Brc1c2[nH]c(c1Br)[C+](c1ccccc1)c1ccc([nH]1)[C+](c1ccccc1)c1[nH]c(c(Br)c1Br)[C+](c1ccccc1)c1ccc([nH]1)[C+]2c1ccccc1. The molecule has 248 valence electrons. The molecule has 0 amide bonds. The zero-order valence-electron chi connectivity index (χ0n) is 27.4. The summed E-state index contributed by atoms with van der Waals surface area (Å²) in [7, 11) is 0. The van der Waals surface area contributed by atoms with Crippen LogP contribution in [0.4, 0.5) is 0 Å². The summed E-state index contributed by atoms with van der Waals surface area (Å²) in [6.07, 6.45) is 0. The van der Waals surface area contributed by atoms with E-state index in [1.54, 1.807) is 0 Å². The summed E-state index contributed by atoms with van der Waals surface area (Å²) in [6.45, 7) is 0. The van der Waals surface area contributed by atoms with Gasteiger partial charge in [0.15, 0.2) is 0 Å². The van der Waals surface area contributed by atoms with Gasteiger partial charge in [-0.1, -0.05) is 0 Å². The molecular weight excluding hydrogens is 904 g/mol. The lowest BCUT2D eigenvalue weighted by molar-refractivity contribution is 1.00. The molecule has 0 spiro atoms. The lowest BCUT2D eigenvalue weighted by atomic mass is 9.92. The Hall–Kier alpha value is -4.60. The van der Waals surface area contributed by atoms with Gasteiger partial charge in [-0.2, -0.15) is 0 Å². The number of fused-ring (bicyclic) bond motifs is 8. The zero-order chi connectivity index (χ0) is 35.3. The molecule has 4 aromatic heterocycles. The second-order valence-electron chi connectivity index (χ2n) is 12.5. The minimum absolute atomic E-state index is 0.936. The van der Waals surface area contributed by atoms with Crippen molar-refractivity contribution in [2.75, 3.05) is 0 Å². The number of nitrogens with one attached hydrogen (secondary N) is 4. The molecule has 0 saturated heterocycles. The second-order valence-corrected chi connectivity index (χ2v) is 15.7. The predicted octanol–water partition coefficient (Wildman–Crippen LogP) is 12.4. The lowest BCUT2D eigenvalue weighted by Gasteiger charge is -2.13. The van der Waals surface area contributed by atoms with Crippen LogP contribution in [0.15, 0.2) is 163 Å². The van der Waals surface area contributed by atoms with Gasteiger partial charge < -0.3 is 19.9 Å². The third-order valence-corrected chi connectivity index (χ3v) is 13.7. The molecule has 4 nitrogen and oxygen atoms in total. The van der Waals surface area contributed by atoms with Gasteiger partial charge in [0.05, 0.1) is 46.5 Å².